The van der Waals surface area contributed by atoms with Gasteiger partial charge in [0, 0.05) is 22.4 Å². The fourth-order valence-corrected chi connectivity index (χ4v) is 3.89. The van der Waals surface area contributed by atoms with Gasteiger partial charge in [-0.05, 0) is 43.4 Å². The topological polar surface area (TPSA) is 68.3 Å². The first-order chi connectivity index (χ1) is 10.1. The monoisotopic (exact) mass is 304 g/mol. The van der Waals surface area contributed by atoms with Crippen molar-refractivity contribution in [3.05, 3.63) is 30.0 Å². The molecule has 0 saturated heterocycles. The third-order valence-electron chi connectivity index (χ3n) is 4.28. The van der Waals surface area contributed by atoms with E-state index < -0.39 is 0 Å². The summed E-state index contributed by atoms with van der Waals surface area (Å²) < 4.78 is 5.79. The number of carbonyl (C=O) groups excluding carboxylic acids is 1. The van der Waals surface area contributed by atoms with Gasteiger partial charge in [0.15, 0.2) is 5.76 Å². The highest BCUT2D eigenvalue weighted by molar-refractivity contribution is 8.00. The maximum Gasteiger partial charge on any atom is 0.287 e. The average Bonchev–Trinajstić information content (AvgIpc) is 3.11. The summed E-state index contributed by atoms with van der Waals surface area (Å²) in [6, 6.07) is 7.13. The lowest BCUT2D eigenvalue weighted by Gasteiger charge is -2.26. The van der Waals surface area contributed by atoms with E-state index in [9.17, 15) is 4.79 Å². The molecule has 5 heteroatoms. The number of benzene rings is 1. The highest BCUT2D eigenvalue weighted by atomic mass is 32.2. The van der Waals surface area contributed by atoms with Crippen LogP contribution in [0.1, 0.15) is 36.2 Å². The third-order valence-corrected chi connectivity index (χ3v) is 5.70. The van der Waals surface area contributed by atoms with Crippen molar-refractivity contribution >= 4 is 34.3 Å². The van der Waals surface area contributed by atoms with Crippen LogP contribution in [0.25, 0.3) is 11.0 Å². The molecule has 1 saturated carbocycles. The molecule has 0 atom stereocenters. The minimum atomic E-state index is -0.148. The molecule has 1 aliphatic rings. The molecule has 1 amide bonds. The van der Waals surface area contributed by atoms with Gasteiger partial charge in [-0.15, -0.1) is 0 Å². The van der Waals surface area contributed by atoms with Crippen LogP contribution in [-0.4, -0.2) is 23.5 Å². The highest BCUT2D eigenvalue weighted by Crippen LogP contribution is 2.39. The predicted molar refractivity (Wildman–Crippen MR) is 87.7 cm³/mol. The average molecular weight is 304 g/mol. The first kappa shape index (κ1) is 14.3. The Hall–Kier alpha value is -1.62. The molecule has 1 heterocycles. The summed E-state index contributed by atoms with van der Waals surface area (Å²) in [5.41, 5.74) is 7.10. The highest BCUT2D eigenvalue weighted by Gasteiger charge is 2.33. The van der Waals surface area contributed by atoms with E-state index in [0.29, 0.717) is 23.6 Å². The van der Waals surface area contributed by atoms with Crippen molar-refractivity contribution in [3.63, 3.8) is 0 Å². The number of fused-ring (bicyclic) bond motifs is 1. The number of nitrogens with two attached hydrogens (primary N) is 1. The molecule has 1 aliphatic carbocycles. The van der Waals surface area contributed by atoms with Crippen LogP contribution in [0, 0.1) is 0 Å². The summed E-state index contributed by atoms with van der Waals surface area (Å²) in [5, 5.41) is 3.89. The van der Waals surface area contributed by atoms with Crippen LogP contribution in [-0.2, 0) is 0 Å². The van der Waals surface area contributed by atoms with E-state index >= 15 is 0 Å². The first-order valence-electron chi connectivity index (χ1n) is 7.24. The molecular weight excluding hydrogens is 284 g/mol. The molecule has 21 heavy (non-hydrogen) atoms. The summed E-state index contributed by atoms with van der Waals surface area (Å²) in [6.07, 6.45) is 6.97. The van der Waals surface area contributed by atoms with E-state index in [1.807, 2.05) is 17.8 Å². The van der Waals surface area contributed by atoms with Crippen LogP contribution in [0.4, 0.5) is 5.69 Å². The fraction of sp³-hybridized carbons (Fsp3) is 0.438. The summed E-state index contributed by atoms with van der Waals surface area (Å²) in [5.74, 6) is 0.204. The van der Waals surface area contributed by atoms with Gasteiger partial charge in [-0.3, -0.25) is 4.79 Å². The number of hydrogen-bond acceptors (Lipinski definition) is 4. The normalized spacial score (nSPS) is 17.2. The Labute approximate surface area is 128 Å². The number of amides is 1. The second kappa shape index (κ2) is 5.64. The second-order valence-electron chi connectivity index (χ2n) is 5.68. The molecule has 1 fully saturated rings. The van der Waals surface area contributed by atoms with Gasteiger partial charge in [-0.2, -0.15) is 11.8 Å². The molecule has 0 aliphatic heterocycles. The maximum atomic E-state index is 12.3. The van der Waals surface area contributed by atoms with Crippen molar-refractivity contribution in [3.8, 4) is 0 Å². The van der Waals surface area contributed by atoms with E-state index in [0.717, 1.165) is 5.39 Å². The third kappa shape index (κ3) is 2.88. The van der Waals surface area contributed by atoms with Crippen LogP contribution in [0.2, 0.25) is 0 Å². The Bertz CT molecular complexity index is 659. The zero-order chi connectivity index (χ0) is 14.9. The van der Waals surface area contributed by atoms with Crippen molar-refractivity contribution in [2.45, 2.75) is 30.4 Å². The van der Waals surface area contributed by atoms with E-state index in [-0.39, 0.29) is 10.7 Å². The number of rotatable bonds is 4. The second-order valence-corrected chi connectivity index (χ2v) is 6.96. The molecule has 0 bridgehead atoms. The van der Waals surface area contributed by atoms with Gasteiger partial charge >= 0.3 is 0 Å². The Kier molecular flexibility index (Phi) is 3.85. The van der Waals surface area contributed by atoms with Crippen LogP contribution < -0.4 is 11.1 Å². The number of hydrogen-bond donors (Lipinski definition) is 2. The summed E-state index contributed by atoms with van der Waals surface area (Å²) in [4.78, 5) is 12.3. The molecule has 112 valence electrons. The fourth-order valence-electron chi connectivity index (χ4n) is 2.97. The number of carbonyl (C=O) groups is 1. The van der Waals surface area contributed by atoms with E-state index in [1.165, 1.54) is 25.7 Å². The minimum Gasteiger partial charge on any atom is -0.451 e. The largest absolute Gasteiger partial charge is 0.451 e. The summed E-state index contributed by atoms with van der Waals surface area (Å²) >= 11 is 1.86. The number of nitrogen functional groups attached to an aromatic ring is 1. The number of nitrogens with one attached hydrogen (secondary N) is 1. The summed E-state index contributed by atoms with van der Waals surface area (Å²) in [6.45, 7) is 0.701. The molecule has 4 nitrogen and oxygen atoms in total. The Morgan fingerprint density at radius 1 is 1.38 bits per heavy atom. The van der Waals surface area contributed by atoms with Crippen molar-refractivity contribution in [1.29, 1.82) is 0 Å². The summed E-state index contributed by atoms with van der Waals surface area (Å²) in [7, 11) is 0. The van der Waals surface area contributed by atoms with Gasteiger partial charge in [0.2, 0.25) is 0 Å². The lowest BCUT2D eigenvalue weighted by atomic mass is 10.1. The molecular formula is C16H20N2O2S. The van der Waals surface area contributed by atoms with Gasteiger partial charge in [0.1, 0.15) is 5.58 Å². The van der Waals surface area contributed by atoms with E-state index in [1.54, 1.807) is 18.2 Å². The standard InChI is InChI=1S/C16H20N2O2S/c1-21-16(6-2-3-7-16)10-18-15(19)14-9-11-8-12(17)4-5-13(11)20-14/h4-5,8-9H,2-3,6-7,10,17H2,1H3,(H,18,19). The van der Waals surface area contributed by atoms with Crippen molar-refractivity contribution in [2.75, 3.05) is 18.5 Å². The SMILES string of the molecule is CSC1(CNC(=O)c2cc3cc(N)ccc3o2)CCCC1. The smallest absolute Gasteiger partial charge is 0.287 e. The molecule has 1 aromatic heterocycles. The Morgan fingerprint density at radius 2 is 2.14 bits per heavy atom. The molecule has 0 radical (unpaired) electrons. The molecule has 0 unspecified atom stereocenters. The molecule has 1 aromatic carbocycles. The van der Waals surface area contributed by atoms with Crippen LogP contribution in [0.3, 0.4) is 0 Å². The Balaban J connectivity index is 1.72. The minimum absolute atomic E-state index is 0.148. The lowest BCUT2D eigenvalue weighted by Crippen LogP contribution is -2.38. The van der Waals surface area contributed by atoms with Gasteiger partial charge < -0.3 is 15.5 Å². The molecule has 0 spiro atoms. The van der Waals surface area contributed by atoms with E-state index in [4.69, 9.17) is 10.2 Å². The number of thioether (sulfide) groups is 1. The van der Waals surface area contributed by atoms with Crippen molar-refractivity contribution in [1.82, 2.24) is 5.32 Å². The molecule has 3 N–H and O–H groups in total. The van der Waals surface area contributed by atoms with Gasteiger partial charge in [-0.25, -0.2) is 0 Å². The first-order valence-corrected chi connectivity index (χ1v) is 8.47. The molecule has 2 aromatic rings. The van der Waals surface area contributed by atoms with E-state index in [2.05, 4.69) is 11.6 Å². The van der Waals surface area contributed by atoms with Crippen LogP contribution in [0.15, 0.2) is 28.7 Å². The van der Waals surface area contributed by atoms with Gasteiger partial charge in [-0.1, -0.05) is 12.8 Å². The van der Waals surface area contributed by atoms with Crippen LogP contribution >= 0.6 is 11.8 Å². The molecule has 3 rings (SSSR count). The van der Waals surface area contributed by atoms with Crippen molar-refractivity contribution in [2.24, 2.45) is 0 Å². The number of anilines is 1. The predicted octanol–water partition coefficient (Wildman–Crippen LogP) is 3.42. The lowest BCUT2D eigenvalue weighted by molar-refractivity contribution is 0.0924. The number of furan rings is 1. The maximum absolute atomic E-state index is 12.3. The van der Waals surface area contributed by atoms with Crippen molar-refractivity contribution < 1.29 is 9.21 Å². The van der Waals surface area contributed by atoms with Crippen LogP contribution in [0.5, 0.6) is 0 Å². The Morgan fingerprint density at radius 3 is 2.86 bits per heavy atom. The quantitative estimate of drug-likeness (QED) is 0.849. The zero-order valence-corrected chi connectivity index (χ0v) is 13.0. The van der Waals surface area contributed by atoms with Gasteiger partial charge in [0.05, 0.1) is 0 Å². The van der Waals surface area contributed by atoms with Gasteiger partial charge in [0.25, 0.3) is 5.91 Å². The zero-order valence-electron chi connectivity index (χ0n) is 12.1.